The van der Waals surface area contributed by atoms with E-state index in [1.165, 1.54) is 18.3 Å². The van der Waals surface area contributed by atoms with Crippen LogP contribution in [0.25, 0.3) is 10.2 Å². The van der Waals surface area contributed by atoms with Gasteiger partial charge in [-0.3, -0.25) is 9.59 Å². The third kappa shape index (κ3) is 3.73. The number of aromatic nitrogens is 1. The Bertz CT molecular complexity index is 697. The molecule has 1 aliphatic rings. The molecule has 0 radical (unpaired) electrons. The number of thiazole rings is 1. The highest BCUT2D eigenvalue weighted by molar-refractivity contribution is 7.22. The predicted octanol–water partition coefficient (Wildman–Crippen LogP) is 2.37. The number of halogens is 1. The number of hydrogen-bond donors (Lipinski definition) is 3. The molecule has 118 valence electrons. The molecule has 2 heterocycles. The highest BCUT2D eigenvalue weighted by atomic mass is 35.5. The van der Waals surface area contributed by atoms with Crippen molar-refractivity contribution in [3.05, 3.63) is 18.2 Å². The number of carbonyl (C=O) groups is 2. The topological polar surface area (TPSA) is 83.1 Å². The van der Waals surface area contributed by atoms with E-state index in [0.29, 0.717) is 5.13 Å². The first-order valence-corrected chi connectivity index (χ1v) is 7.66. The Morgan fingerprint density at radius 2 is 2.18 bits per heavy atom. The second kappa shape index (κ2) is 7.04. The largest absolute Gasteiger partial charge is 0.326 e. The van der Waals surface area contributed by atoms with E-state index in [9.17, 15) is 9.59 Å². The van der Waals surface area contributed by atoms with Gasteiger partial charge in [-0.05, 0) is 37.6 Å². The molecule has 1 unspecified atom stereocenters. The lowest BCUT2D eigenvalue weighted by Crippen LogP contribution is -2.35. The van der Waals surface area contributed by atoms with E-state index in [4.69, 9.17) is 0 Å². The van der Waals surface area contributed by atoms with Gasteiger partial charge < -0.3 is 16.0 Å². The minimum atomic E-state index is -0.119. The Labute approximate surface area is 138 Å². The van der Waals surface area contributed by atoms with Gasteiger partial charge in [0.1, 0.15) is 0 Å². The normalized spacial score (nSPS) is 17.0. The summed E-state index contributed by atoms with van der Waals surface area (Å²) in [6.07, 6.45) is 1.89. The first-order valence-electron chi connectivity index (χ1n) is 6.84. The van der Waals surface area contributed by atoms with Crippen LogP contribution in [0.4, 0.5) is 10.8 Å². The van der Waals surface area contributed by atoms with E-state index in [-0.39, 0.29) is 30.3 Å². The number of nitrogens with zero attached hydrogens (tertiary/aromatic N) is 1. The lowest BCUT2D eigenvalue weighted by molar-refractivity contribution is -0.117. The molecule has 0 spiro atoms. The van der Waals surface area contributed by atoms with Crippen molar-refractivity contribution in [3.8, 4) is 0 Å². The van der Waals surface area contributed by atoms with Crippen molar-refractivity contribution in [1.82, 2.24) is 10.3 Å². The number of benzene rings is 1. The molecule has 3 rings (SSSR count). The van der Waals surface area contributed by atoms with E-state index in [1.807, 2.05) is 12.1 Å². The summed E-state index contributed by atoms with van der Waals surface area (Å²) >= 11 is 1.40. The SMILES string of the molecule is CC(=O)Nc1ccc2nc(NC(=O)C3CCCN3)sc2c1.Cl. The summed E-state index contributed by atoms with van der Waals surface area (Å²) in [7, 11) is 0. The van der Waals surface area contributed by atoms with Gasteiger partial charge in [0.25, 0.3) is 0 Å². The smallest absolute Gasteiger partial charge is 0.243 e. The van der Waals surface area contributed by atoms with Crippen molar-refractivity contribution < 1.29 is 9.59 Å². The van der Waals surface area contributed by atoms with Gasteiger partial charge in [0.15, 0.2) is 5.13 Å². The summed E-state index contributed by atoms with van der Waals surface area (Å²) < 4.78 is 0.927. The number of hydrogen-bond acceptors (Lipinski definition) is 5. The minimum Gasteiger partial charge on any atom is -0.326 e. The molecule has 1 aromatic heterocycles. The predicted molar refractivity (Wildman–Crippen MR) is 90.8 cm³/mol. The van der Waals surface area contributed by atoms with E-state index in [0.717, 1.165) is 35.3 Å². The fourth-order valence-corrected chi connectivity index (χ4v) is 3.27. The number of fused-ring (bicyclic) bond motifs is 1. The summed E-state index contributed by atoms with van der Waals surface area (Å²) in [4.78, 5) is 27.5. The van der Waals surface area contributed by atoms with Crippen LogP contribution in [0.1, 0.15) is 19.8 Å². The zero-order valence-electron chi connectivity index (χ0n) is 12.0. The third-order valence-electron chi connectivity index (χ3n) is 3.32. The lowest BCUT2D eigenvalue weighted by Gasteiger charge is -2.08. The Balaban J connectivity index is 0.00000176. The monoisotopic (exact) mass is 340 g/mol. The molecule has 1 atom stereocenters. The van der Waals surface area contributed by atoms with Crippen molar-refractivity contribution in [2.24, 2.45) is 0 Å². The fourth-order valence-electron chi connectivity index (χ4n) is 2.36. The highest BCUT2D eigenvalue weighted by Gasteiger charge is 2.22. The van der Waals surface area contributed by atoms with Crippen molar-refractivity contribution in [1.29, 1.82) is 0 Å². The van der Waals surface area contributed by atoms with Gasteiger partial charge in [0, 0.05) is 12.6 Å². The number of rotatable bonds is 3. The summed E-state index contributed by atoms with van der Waals surface area (Å²) in [5.74, 6) is -0.145. The van der Waals surface area contributed by atoms with Crippen molar-refractivity contribution in [3.63, 3.8) is 0 Å². The highest BCUT2D eigenvalue weighted by Crippen LogP contribution is 2.28. The third-order valence-corrected chi connectivity index (χ3v) is 4.25. The summed E-state index contributed by atoms with van der Waals surface area (Å²) in [6.45, 7) is 2.36. The zero-order valence-corrected chi connectivity index (χ0v) is 13.6. The maximum Gasteiger partial charge on any atom is 0.243 e. The first kappa shape index (κ1) is 16.7. The van der Waals surface area contributed by atoms with Gasteiger partial charge in [-0.2, -0.15) is 0 Å². The fraction of sp³-hybridized carbons (Fsp3) is 0.357. The second-order valence-electron chi connectivity index (χ2n) is 5.02. The van der Waals surface area contributed by atoms with Crippen molar-refractivity contribution in [2.75, 3.05) is 17.2 Å². The Morgan fingerprint density at radius 3 is 2.86 bits per heavy atom. The van der Waals surface area contributed by atoms with Gasteiger partial charge >= 0.3 is 0 Å². The number of amides is 2. The van der Waals surface area contributed by atoms with Crippen LogP contribution in [0.2, 0.25) is 0 Å². The van der Waals surface area contributed by atoms with Crippen LogP contribution in [-0.2, 0) is 9.59 Å². The average molecular weight is 341 g/mol. The van der Waals surface area contributed by atoms with Gasteiger partial charge in [0.05, 0.1) is 16.3 Å². The molecule has 1 aromatic carbocycles. The number of anilines is 2. The Morgan fingerprint density at radius 1 is 1.36 bits per heavy atom. The molecule has 1 saturated heterocycles. The molecule has 2 aromatic rings. The van der Waals surface area contributed by atoms with E-state index < -0.39 is 0 Å². The van der Waals surface area contributed by atoms with Crippen LogP contribution >= 0.6 is 23.7 Å². The van der Waals surface area contributed by atoms with E-state index in [1.54, 1.807) is 6.07 Å². The first-order chi connectivity index (χ1) is 10.1. The van der Waals surface area contributed by atoms with Crippen LogP contribution in [0.3, 0.4) is 0 Å². The van der Waals surface area contributed by atoms with Gasteiger partial charge in [-0.25, -0.2) is 4.98 Å². The Kier molecular flexibility index (Phi) is 5.33. The maximum absolute atomic E-state index is 12.0. The van der Waals surface area contributed by atoms with Crippen LogP contribution in [-0.4, -0.2) is 29.4 Å². The molecular formula is C14H17ClN4O2S. The molecule has 1 fully saturated rings. The molecule has 0 bridgehead atoms. The Hall–Kier alpha value is -1.70. The average Bonchev–Trinajstić information content (AvgIpc) is 3.05. The van der Waals surface area contributed by atoms with Gasteiger partial charge in [-0.1, -0.05) is 11.3 Å². The number of nitrogens with one attached hydrogen (secondary N) is 3. The molecule has 2 amide bonds. The second-order valence-corrected chi connectivity index (χ2v) is 6.05. The molecule has 1 aliphatic heterocycles. The van der Waals surface area contributed by atoms with E-state index in [2.05, 4.69) is 20.9 Å². The van der Waals surface area contributed by atoms with E-state index >= 15 is 0 Å². The molecule has 0 saturated carbocycles. The van der Waals surface area contributed by atoms with Gasteiger partial charge in [-0.15, -0.1) is 12.4 Å². The quantitative estimate of drug-likeness (QED) is 0.801. The summed E-state index contributed by atoms with van der Waals surface area (Å²) in [5.41, 5.74) is 1.54. The minimum absolute atomic E-state index is 0. The molecule has 8 heteroatoms. The molecule has 6 nitrogen and oxygen atoms in total. The van der Waals surface area contributed by atoms with Gasteiger partial charge in [0.2, 0.25) is 11.8 Å². The van der Waals surface area contributed by atoms with Crippen LogP contribution in [0.5, 0.6) is 0 Å². The molecular weight excluding hydrogens is 324 g/mol. The summed E-state index contributed by atoms with van der Waals surface area (Å²) in [5, 5.41) is 9.33. The standard InChI is InChI=1S/C14H16N4O2S.ClH/c1-8(19)16-9-4-5-10-12(7-9)21-14(17-10)18-13(20)11-3-2-6-15-11;/h4-5,7,11,15H,2-3,6H2,1H3,(H,16,19)(H,17,18,20);1H. The summed E-state index contributed by atoms with van der Waals surface area (Å²) in [6, 6.07) is 5.37. The van der Waals surface area contributed by atoms with Crippen LogP contribution in [0, 0.1) is 0 Å². The van der Waals surface area contributed by atoms with Crippen molar-refractivity contribution >= 4 is 56.6 Å². The zero-order chi connectivity index (χ0) is 14.8. The van der Waals surface area contributed by atoms with Crippen LogP contribution in [0.15, 0.2) is 18.2 Å². The molecule has 0 aliphatic carbocycles. The van der Waals surface area contributed by atoms with Crippen molar-refractivity contribution in [2.45, 2.75) is 25.8 Å². The maximum atomic E-state index is 12.0. The lowest BCUT2D eigenvalue weighted by atomic mass is 10.2. The molecule has 3 N–H and O–H groups in total. The van der Waals surface area contributed by atoms with Crippen LogP contribution < -0.4 is 16.0 Å². The number of carbonyl (C=O) groups excluding carboxylic acids is 2. The molecule has 22 heavy (non-hydrogen) atoms.